The highest BCUT2D eigenvalue weighted by molar-refractivity contribution is 7.80. The molecule has 0 bridgehead atoms. The van der Waals surface area contributed by atoms with Crippen molar-refractivity contribution in [2.75, 3.05) is 36.4 Å². The lowest BCUT2D eigenvalue weighted by molar-refractivity contribution is 0.0981. The third kappa shape index (κ3) is 5.79. The summed E-state index contributed by atoms with van der Waals surface area (Å²) in [5.74, 6) is -0.227. The molecule has 0 spiro atoms. The Morgan fingerprint density at radius 1 is 1.00 bits per heavy atom. The van der Waals surface area contributed by atoms with Crippen LogP contribution in [0, 0.1) is 0 Å². The maximum atomic E-state index is 12.1. The van der Waals surface area contributed by atoms with E-state index in [-0.39, 0.29) is 11.0 Å². The summed E-state index contributed by atoms with van der Waals surface area (Å²) in [4.78, 5) is 17.4. The summed E-state index contributed by atoms with van der Waals surface area (Å²) in [5.41, 5.74) is 2.87. The number of amides is 1. The smallest absolute Gasteiger partial charge is 0.267 e. The van der Waals surface area contributed by atoms with Gasteiger partial charge in [0.15, 0.2) is 5.11 Å². The molecule has 1 aliphatic heterocycles. The molecule has 2 N–H and O–H groups in total. The first kappa shape index (κ1) is 23.0. The molecule has 1 amide bonds. The number of piperazine rings is 1. The third-order valence-electron chi connectivity index (χ3n) is 5.24. The van der Waals surface area contributed by atoms with Crippen molar-refractivity contribution in [1.82, 2.24) is 10.2 Å². The van der Waals surface area contributed by atoms with Crippen molar-refractivity contribution >= 4 is 69.2 Å². The molecule has 4 rings (SSSR count). The minimum Gasteiger partial charge on any atom is -0.368 e. The van der Waals surface area contributed by atoms with Gasteiger partial charge in [-0.1, -0.05) is 47.5 Å². The molecular weight excluding hydrogens is 483 g/mol. The van der Waals surface area contributed by atoms with Gasteiger partial charge in [0.2, 0.25) is 0 Å². The fourth-order valence-electron chi connectivity index (χ4n) is 3.59. The number of rotatable bonds is 5. The summed E-state index contributed by atoms with van der Waals surface area (Å²) in [6.07, 6.45) is 0. The van der Waals surface area contributed by atoms with Crippen LogP contribution >= 0.6 is 46.8 Å². The van der Waals surface area contributed by atoms with E-state index in [1.165, 1.54) is 11.3 Å². The highest BCUT2D eigenvalue weighted by atomic mass is 35.5. The number of nitrogens with one attached hydrogen (secondary N) is 2. The van der Waals surface area contributed by atoms with Crippen LogP contribution in [-0.4, -0.2) is 42.1 Å². The van der Waals surface area contributed by atoms with E-state index in [1.807, 2.05) is 47.8 Å². The normalized spacial score (nSPS) is 14.2. The molecule has 1 aliphatic rings. The van der Waals surface area contributed by atoms with Crippen molar-refractivity contribution in [3.8, 4) is 0 Å². The Morgan fingerprint density at radius 2 is 1.78 bits per heavy atom. The van der Waals surface area contributed by atoms with Gasteiger partial charge in [-0.3, -0.25) is 15.0 Å². The molecule has 1 aromatic heterocycles. The van der Waals surface area contributed by atoms with Crippen LogP contribution in [0.3, 0.4) is 0 Å². The molecule has 0 aliphatic carbocycles. The average Bonchev–Trinajstić information content (AvgIpc) is 3.31. The summed E-state index contributed by atoms with van der Waals surface area (Å²) in [6, 6.07) is 17.3. The standard InChI is InChI=1S/C23H22Cl2N4OS2/c24-18-5-2-1-4-16(18)15-28-9-11-29(12-10-28)20-8-7-17(14-19(20)25)26-23(31)27-22(30)21-6-3-13-32-21/h1-8,13-14H,9-12,15H2,(H2,26,27,30,31). The maximum Gasteiger partial charge on any atom is 0.267 e. The Labute approximate surface area is 206 Å². The van der Waals surface area contributed by atoms with Crippen LogP contribution in [0.4, 0.5) is 11.4 Å². The van der Waals surface area contributed by atoms with Gasteiger partial charge in [-0.15, -0.1) is 11.3 Å². The van der Waals surface area contributed by atoms with Crippen molar-refractivity contribution in [2.24, 2.45) is 0 Å². The third-order valence-corrected chi connectivity index (χ3v) is 6.99. The zero-order valence-corrected chi connectivity index (χ0v) is 20.3. The van der Waals surface area contributed by atoms with Crippen molar-refractivity contribution in [1.29, 1.82) is 0 Å². The van der Waals surface area contributed by atoms with E-state index in [0.29, 0.717) is 9.90 Å². The Bertz CT molecular complexity index is 1100. The number of hydrogen-bond donors (Lipinski definition) is 2. The lowest BCUT2D eigenvalue weighted by Crippen LogP contribution is -2.46. The predicted molar refractivity (Wildman–Crippen MR) is 138 cm³/mol. The fraction of sp³-hybridized carbons (Fsp3) is 0.217. The summed E-state index contributed by atoms with van der Waals surface area (Å²) >= 11 is 19.5. The minimum absolute atomic E-state index is 0.227. The molecule has 1 saturated heterocycles. The average molecular weight is 505 g/mol. The zero-order chi connectivity index (χ0) is 22.5. The Hall–Kier alpha value is -2.16. The van der Waals surface area contributed by atoms with Crippen molar-refractivity contribution in [3.05, 3.63) is 80.5 Å². The van der Waals surface area contributed by atoms with Gasteiger partial charge in [0.1, 0.15) is 0 Å². The van der Waals surface area contributed by atoms with E-state index in [0.717, 1.165) is 54.7 Å². The molecule has 1 fully saturated rings. The first-order valence-corrected chi connectivity index (χ1v) is 12.2. The quantitative estimate of drug-likeness (QED) is 0.449. The van der Waals surface area contributed by atoms with Crippen molar-refractivity contribution in [3.63, 3.8) is 0 Å². The Balaban J connectivity index is 1.31. The van der Waals surface area contributed by atoms with Gasteiger partial charge < -0.3 is 10.2 Å². The number of thiocarbonyl (C=S) groups is 1. The largest absolute Gasteiger partial charge is 0.368 e. The molecule has 2 heterocycles. The number of hydrogen-bond acceptors (Lipinski definition) is 5. The van der Waals surface area contributed by atoms with E-state index in [1.54, 1.807) is 6.07 Å². The zero-order valence-electron chi connectivity index (χ0n) is 17.2. The second-order valence-corrected chi connectivity index (χ2v) is 9.58. The van der Waals surface area contributed by atoms with E-state index < -0.39 is 0 Å². The van der Waals surface area contributed by atoms with Crippen LogP contribution in [0.2, 0.25) is 10.0 Å². The number of carbonyl (C=O) groups excluding carboxylic acids is 1. The topological polar surface area (TPSA) is 47.6 Å². The number of benzene rings is 2. The minimum atomic E-state index is -0.227. The predicted octanol–water partition coefficient (Wildman–Crippen LogP) is 5.50. The van der Waals surface area contributed by atoms with Crippen molar-refractivity contribution in [2.45, 2.75) is 6.54 Å². The van der Waals surface area contributed by atoms with Crippen LogP contribution in [0.5, 0.6) is 0 Å². The second-order valence-electron chi connectivity index (χ2n) is 7.41. The van der Waals surface area contributed by atoms with Crippen LogP contribution in [0.15, 0.2) is 60.0 Å². The summed E-state index contributed by atoms with van der Waals surface area (Å²) < 4.78 is 0. The van der Waals surface area contributed by atoms with Gasteiger partial charge in [-0.2, -0.15) is 0 Å². The molecule has 166 valence electrons. The second kappa shape index (κ2) is 10.6. The van der Waals surface area contributed by atoms with Gasteiger partial charge in [0.25, 0.3) is 5.91 Å². The highest BCUT2D eigenvalue weighted by Crippen LogP contribution is 2.30. The lowest BCUT2D eigenvalue weighted by atomic mass is 10.2. The van der Waals surface area contributed by atoms with Crippen LogP contribution in [-0.2, 0) is 6.54 Å². The van der Waals surface area contributed by atoms with Gasteiger partial charge in [-0.05, 0) is 53.5 Å². The first-order chi connectivity index (χ1) is 15.5. The highest BCUT2D eigenvalue weighted by Gasteiger charge is 2.20. The summed E-state index contributed by atoms with van der Waals surface area (Å²) in [7, 11) is 0. The molecule has 32 heavy (non-hydrogen) atoms. The summed E-state index contributed by atoms with van der Waals surface area (Å²) in [6.45, 7) is 4.47. The van der Waals surface area contributed by atoms with Gasteiger partial charge >= 0.3 is 0 Å². The van der Waals surface area contributed by atoms with Gasteiger partial charge in [0, 0.05) is 43.4 Å². The molecule has 0 unspecified atom stereocenters. The Kier molecular flexibility index (Phi) is 7.65. The number of anilines is 2. The van der Waals surface area contributed by atoms with E-state index in [4.69, 9.17) is 35.4 Å². The first-order valence-electron chi connectivity index (χ1n) is 10.2. The molecule has 3 aromatic rings. The van der Waals surface area contributed by atoms with E-state index in [9.17, 15) is 4.79 Å². The molecule has 0 radical (unpaired) electrons. The number of halogens is 2. The van der Waals surface area contributed by atoms with E-state index >= 15 is 0 Å². The molecule has 0 atom stereocenters. The number of carbonyl (C=O) groups is 1. The van der Waals surface area contributed by atoms with Crippen LogP contribution in [0.1, 0.15) is 15.2 Å². The number of thiophene rings is 1. The summed E-state index contributed by atoms with van der Waals surface area (Å²) in [5, 5.41) is 9.24. The molecule has 5 nitrogen and oxygen atoms in total. The van der Waals surface area contributed by atoms with E-state index in [2.05, 4.69) is 26.5 Å². The van der Waals surface area contributed by atoms with Crippen molar-refractivity contribution < 1.29 is 4.79 Å². The SMILES string of the molecule is O=C(NC(=S)Nc1ccc(N2CCN(Cc3ccccc3Cl)CC2)c(Cl)c1)c1cccs1. The molecule has 9 heteroatoms. The fourth-order valence-corrected chi connectivity index (χ4v) is 4.92. The van der Waals surface area contributed by atoms with Crippen LogP contribution < -0.4 is 15.5 Å². The van der Waals surface area contributed by atoms with Gasteiger partial charge in [-0.25, -0.2) is 0 Å². The molecular formula is C23H22Cl2N4OS2. The lowest BCUT2D eigenvalue weighted by Gasteiger charge is -2.36. The van der Waals surface area contributed by atoms with Gasteiger partial charge in [0.05, 0.1) is 15.6 Å². The number of nitrogens with zero attached hydrogens (tertiary/aromatic N) is 2. The molecule has 2 aromatic carbocycles. The van der Waals surface area contributed by atoms with Crippen LogP contribution in [0.25, 0.3) is 0 Å². The molecule has 0 saturated carbocycles. The monoisotopic (exact) mass is 504 g/mol. The Morgan fingerprint density at radius 3 is 2.47 bits per heavy atom. The maximum absolute atomic E-state index is 12.1.